The van der Waals surface area contributed by atoms with E-state index in [0.717, 1.165) is 0 Å². The Morgan fingerprint density at radius 2 is 1.33 bits per heavy atom. The molecule has 0 amide bonds. The molecule has 68 valence electrons. The van der Waals surface area contributed by atoms with Crippen LogP contribution in [0.1, 0.15) is 16.7 Å². The minimum Gasteiger partial charge on any atom is -0.374 e. The molecule has 0 aromatic heterocycles. The molecule has 0 spiro atoms. The Labute approximate surface area is 81.6 Å². The molecule has 0 radical (unpaired) electrons. The molecule has 0 fully saturated rings. The molecule has 1 aromatic rings. The predicted molar refractivity (Wildman–Crippen MR) is 63.7 cm³/mol. The molecule has 0 saturated carbocycles. The highest BCUT2D eigenvalue weighted by Gasteiger charge is 1.91. The van der Waals surface area contributed by atoms with Gasteiger partial charge in [-0.15, -0.1) is 0 Å². The van der Waals surface area contributed by atoms with Gasteiger partial charge in [0.2, 0.25) is 0 Å². The first-order valence-corrected chi connectivity index (χ1v) is 6.24. The van der Waals surface area contributed by atoms with E-state index in [4.69, 9.17) is 0 Å². The summed E-state index contributed by atoms with van der Waals surface area (Å²) >= 11 is 0. The van der Waals surface area contributed by atoms with Gasteiger partial charge in [0.1, 0.15) is 0 Å². The van der Waals surface area contributed by atoms with Crippen LogP contribution >= 0.6 is 0 Å². The van der Waals surface area contributed by atoms with Gasteiger partial charge in [-0.1, -0.05) is 18.2 Å². The third kappa shape index (κ3) is 3.85. The second-order valence-electron chi connectivity index (χ2n) is 3.02. The molecular formula is C9H19NSi2. The molecule has 0 heterocycles. The Kier molecular flexibility index (Phi) is 5.97. The maximum Gasteiger partial charge on any atom is 0.0670 e. The van der Waals surface area contributed by atoms with E-state index < -0.39 is 0 Å². The summed E-state index contributed by atoms with van der Waals surface area (Å²) in [4.78, 5) is 0. The quantitative estimate of drug-likeness (QED) is 0.566. The molecule has 1 nitrogen and oxygen atoms in total. The fourth-order valence-electron chi connectivity index (χ4n) is 0.898. The lowest BCUT2D eigenvalue weighted by Crippen LogP contribution is -1.97. The summed E-state index contributed by atoms with van der Waals surface area (Å²) < 4.78 is 3.03. The second-order valence-corrected chi connectivity index (χ2v) is 7.02. The fourth-order valence-corrected chi connectivity index (χ4v) is 0.898. The summed E-state index contributed by atoms with van der Waals surface area (Å²) in [5, 5.41) is 0. The van der Waals surface area contributed by atoms with E-state index in [9.17, 15) is 0 Å². The average molecular weight is 197 g/mol. The number of rotatable bonds is 0. The average Bonchev–Trinajstić information content (AvgIpc) is 2.02. The molecule has 1 N–H and O–H groups in total. The molecule has 1 aromatic carbocycles. The monoisotopic (exact) mass is 197 g/mol. The van der Waals surface area contributed by atoms with Crippen molar-refractivity contribution in [3.8, 4) is 0 Å². The van der Waals surface area contributed by atoms with Crippen LogP contribution in [0.25, 0.3) is 0 Å². The van der Waals surface area contributed by atoms with E-state index in [0.29, 0.717) is 0 Å². The van der Waals surface area contributed by atoms with E-state index >= 15 is 0 Å². The Hall–Kier alpha value is -0.386. The summed E-state index contributed by atoms with van der Waals surface area (Å²) in [6, 6.07) is 6.38. The van der Waals surface area contributed by atoms with Gasteiger partial charge in [0.05, 0.1) is 20.8 Å². The van der Waals surface area contributed by atoms with Gasteiger partial charge in [0.15, 0.2) is 0 Å². The standard InChI is InChI=1S/C9H12.H7NSi2/c1-7-5-4-6-8(2)9(7)3;2-1-3/h4-6H,1-3H3;1H,2-3H3. The summed E-state index contributed by atoms with van der Waals surface area (Å²) in [6.07, 6.45) is 0. The molecule has 0 aliphatic rings. The van der Waals surface area contributed by atoms with Gasteiger partial charge in [-0.3, -0.25) is 0 Å². The van der Waals surface area contributed by atoms with Crippen molar-refractivity contribution in [1.82, 2.24) is 4.65 Å². The third-order valence-electron chi connectivity index (χ3n) is 1.88. The molecular weight excluding hydrogens is 178 g/mol. The smallest absolute Gasteiger partial charge is 0.0670 e. The maximum atomic E-state index is 3.03. The zero-order valence-electron chi connectivity index (χ0n) is 8.73. The predicted octanol–water partition coefficient (Wildman–Crippen LogP) is -0.251. The van der Waals surface area contributed by atoms with Crippen LogP contribution in [0.5, 0.6) is 0 Å². The van der Waals surface area contributed by atoms with Crippen LogP contribution in [0.2, 0.25) is 0 Å². The van der Waals surface area contributed by atoms with Crippen LogP contribution in [0.4, 0.5) is 0 Å². The first kappa shape index (κ1) is 11.6. The van der Waals surface area contributed by atoms with E-state index in [-0.39, 0.29) is 0 Å². The Balaban J connectivity index is 0.000000354. The second kappa shape index (κ2) is 6.17. The normalized spacial score (nSPS) is 9.25. The molecule has 0 unspecified atom stereocenters. The first-order valence-electron chi connectivity index (χ1n) is 4.24. The Morgan fingerprint density at radius 1 is 1.00 bits per heavy atom. The van der Waals surface area contributed by atoms with Gasteiger partial charge in [-0.25, -0.2) is 0 Å². The summed E-state index contributed by atoms with van der Waals surface area (Å²) in [7, 11) is 2.36. The number of aryl methyl sites for hydroxylation is 2. The van der Waals surface area contributed by atoms with Crippen molar-refractivity contribution >= 4 is 20.8 Å². The van der Waals surface area contributed by atoms with Crippen molar-refractivity contribution in [3.63, 3.8) is 0 Å². The summed E-state index contributed by atoms with van der Waals surface area (Å²) in [6.45, 7) is 6.44. The van der Waals surface area contributed by atoms with Crippen molar-refractivity contribution in [1.29, 1.82) is 0 Å². The van der Waals surface area contributed by atoms with Crippen LogP contribution in [-0.4, -0.2) is 20.8 Å². The molecule has 1 rings (SSSR count). The highest BCUT2D eigenvalue weighted by Crippen LogP contribution is 2.09. The number of hydrogen-bond donors (Lipinski definition) is 1. The number of benzene rings is 1. The minimum absolute atomic E-state index is 1.18. The number of hydrogen-bond acceptors (Lipinski definition) is 1. The van der Waals surface area contributed by atoms with E-state index in [1.807, 2.05) is 0 Å². The van der Waals surface area contributed by atoms with Gasteiger partial charge >= 0.3 is 0 Å². The first-order chi connectivity index (χ1) is 5.63. The molecule has 0 atom stereocenters. The lowest BCUT2D eigenvalue weighted by Gasteiger charge is -2.00. The van der Waals surface area contributed by atoms with Crippen molar-refractivity contribution in [2.75, 3.05) is 0 Å². The Bertz CT molecular complexity index is 216. The van der Waals surface area contributed by atoms with Gasteiger partial charge in [0.25, 0.3) is 0 Å². The van der Waals surface area contributed by atoms with Gasteiger partial charge in [0, 0.05) is 0 Å². The van der Waals surface area contributed by atoms with Crippen molar-refractivity contribution in [2.24, 2.45) is 0 Å². The van der Waals surface area contributed by atoms with E-state index in [1.54, 1.807) is 0 Å². The topological polar surface area (TPSA) is 12.0 Å². The SMILES string of the molecule is Cc1cccc(C)c1C.[SiH3]N[SiH3]. The van der Waals surface area contributed by atoms with Crippen molar-refractivity contribution in [2.45, 2.75) is 20.8 Å². The molecule has 0 aliphatic heterocycles. The van der Waals surface area contributed by atoms with Gasteiger partial charge in [-0.05, 0) is 37.5 Å². The zero-order valence-corrected chi connectivity index (χ0v) is 12.7. The van der Waals surface area contributed by atoms with Crippen molar-refractivity contribution < 1.29 is 0 Å². The van der Waals surface area contributed by atoms with Crippen LogP contribution in [-0.2, 0) is 0 Å². The summed E-state index contributed by atoms with van der Waals surface area (Å²) in [5.41, 5.74) is 4.18. The molecule has 0 saturated heterocycles. The fraction of sp³-hybridized carbons (Fsp3) is 0.333. The highest BCUT2D eigenvalue weighted by molar-refractivity contribution is 6.25. The lowest BCUT2D eigenvalue weighted by atomic mass is 10.1. The van der Waals surface area contributed by atoms with Gasteiger partial charge in [-0.2, -0.15) is 0 Å². The maximum absolute atomic E-state index is 3.03. The minimum atomic E-state index is 1.18. The molecule has 12 heavy (non-hydrogen) atoms. The molecule has 0 bridgehead atoms. The lowest BCUT2D eigenvalue weighted by molar-refractivity contribution is 1.27. The Morgan fingerprint density at radius 3 is 1.58 bits per heavy atom. The van der Waals surface area contributed by atoms with Crippen LogP contribution in [0, 0.1) is 20.8 Å². The largest absolute Gasteiger partial charge is 0.374 e. The van der Waals surface area contributed by atoms with Crippen molar-refractivity contribution in [3.05, 3.63) is 34.9 Å². The molecule has 0 aliphatic carbocycles. The highest BCUT2D eigenvalue weighted by atomic mass is 28.2. The zero-order chi connectivity index (χ0) is 9.56. The summed E-state index contributed by atoms with van der Waals surface area (Å²) in [5.74, 6) is 0. The van der Waals surface area contributed by atoms with Crippen LogP contribution in [0.15, 0.2) is 18.2 Å². The third-order valence-corrected chi connectivity index (χ3v) is 1.88. The van der Waals surface area contributed by atoms with E-state index in [2.05, 4.69) is 43.6 Å². The molecule has 3 heteroatoms. The van der Waals surface area contributed by atoms with Crippen LogP contribution < -0.4 is 4.65 Å². The van der Waals surface area contributed by atoms with Crippen LogP contribution in [0.3, 0.4) is 0 Å². The van der Waals surface area contributed by atoms with E-state index in [1.165, 1.54) is 37.5 Å². The number of nitrogens with one attached hydrogen (secondary N) is 1. The van der Waals surface area contributed by atoms with Gasteiger partial charge < -0.3 is 4.65 Å².